The van der Waals surface area contributed by atoms with Crippen LogP contribution in [0.25, 0.3) is 0 Å². The Labute approximate surface area is 307 Å². The number of aromatic hydroxyl groups is 4. The van der Waals surface area contributed by atoms with Crippen LogP contribution in [-0.4, -0.2) is 42.2 Å². The Morgan fingerprint density at radius 2 is 0.722 bits per heavy atom. The normalized spacial score (nSPS) is 15.3. The third-order valence-corrected chi connectivity index (χ3v) is 9.36. The van der Waals surface area contributed by atoms with E-state index in [-0.39, 0.29) is 23.0 Å². The van der Waals surface area contributed by atoms with E-state index < -0.39 is 31.7 Å². The second-order valence-electron chi connectivity index (χ2n) is 12.5. The fourth-order valence-corrected chi connectivity index (χ4v) is 7.31. The van der Waals surface area contributed by atoms with Crippen LogP contribution in [0.15, 0.2) is 121 Å². The molecule has 0 fully saturated rings. The van der Waals surface area contributed by atoms with Gasteiger partial charge in [-0.05, 0) is 60.7 Å². The van der Waals surface area contributed by atoms with Crippen molar-refractivity contribution in [3.8, 4) is 46.0 Å². The van der Waals surface area contributed by atoms with Gasteiger partial charge in [0.25, 0.3) is 0 Å². The van der Waals surface area contributed by atoms with Crippen LogP contribution in [0, 0.1) is 0 Å². The highest BCUT2D eigenvalue weighted by molar-refractivity contribution is 7.42. The molecule has 0 atom stereocenters. The summed E-state index contributed by atoms with van der Waals surface area (Å²) in [6, 6.07) is 33.2. The van der Waals surface area contributed by atoms with Gasteiger partial charge in [0, 0.05) is 57.6 Å². The standard InChI is InChI=1S/2C20H12O5.H4NO2P/c2*21-11-5-7-15-17(9-11)24-18-10-12(22)6-8-16(18)20(15)14-4-2-1-3-13(14)19(23)25-20;1-4(2)3/h2*1-10,21-22H;2-3H,1H2. The Balaban J connectivity index is 0.000000140. The van der Waals surface area contributed by atoms with Gasteiger partial charge in [0.05, 0.1) is 11.1 Å². The average molecular weight is 746 g/mol. The molecular weight excluding hydrogens is 717 g/mol. The summed E-state index contributed by atoms with van der Waals surface area (Å²) in [4.78, 5) is 40.0. The summed E-state index contributed by atoms with van der Waals surface area (Å²) in [6.07, 6.45) is 0. The van der Waals surface area contributed by atoms with E-state index in [1.807, 2.05) is 24.3 Å². The summed E-state index contributed by atoms with van der Waals surface area (Å²) in [5.74, 6) is 0.817. The van der Waals surface area contributed by atoms with Crippen LogP contribution in [0.3, 0.4) is 0 Å². The molecule has 0 bridgehead atoms. The van der Waals surface area contributed by atoms with Crippen molar-refractivity contribution in [2.45, 2.75) is 11.2 Å². The lowest BCUT2D eigenvalue weighted by Crippen LogP contribution is -2.32. The summed E-state index contributed by atoms with van der Waals surface area (Å²) >= 11 is 0. The highest BCUT2D eigenvalue weighted by Gasteiger charge is 2.55. The van der Waals surface area contributed by atoms with Crippen molar-refractivity contribution in [2.24, 2.45) is 5.50 Å². The number of phenolic OH excluding ortho intramolecular Hbond substituents is 4. The zero-order valence-corrected chi connectivity index (χ0v) is 28.6. The first kappa shape index (κ1) is 34.5. The smallest absolute Gasteiger partial charge is 0.340 e. The molecule has 54 heavy (non-hydrogen) atoms. The fraction of sp³-hybridized carbons (Fsp3) is 0.0500. The van der Waals surface area contributed by atoms with Crippen LogP contribution < -0.4 is 15.0 Å². The summed E-state index contributed by atoms with van der Waals surface area (Å²) in [6.45, 7) is 0. The molecule has 270 valence electrons. The van der Waals surface area contributed by atoms with Crippen molar-refractivity contribution in [3.05, 3.63) is 166 Å². The van der Waals surface area contributed by atoms with Gasteiger partial charge < -0.3 is 49.2 Å². The lowest BCUT2D eigenvalue weighted by atomic mass is 9.77. The molecule has 0 unspecified atom stereocenters. The van der Waals surface area contributed by atoms with Gasteiger partial charge in [-0.3, -0.25) is 5.50 Å². The van der Waals surface area contributed by atoms with Crippen LogP contribution in [0.4, 0.5) is 0 Å². The minimum Gasteiger partial charge on any atom is -0.508 e. The third kappa shape index (κ3) is 5.34. The molecule has 0 saturated heterocycles. The van der Waals surface area contributed by atoms with Crippen molar-refractivity contribution in [3.63, 3.8) is 0 Å². The third-order valence-electron chi connectivity index (χ3n) is 9.36. The molecule has 13 nitrogen and oxygen atoms in total. The van der Waals surface area contributed by atoms with Crippen molar-refractivity contribution >= 4 is 20.5 Å². The molecule has 0 aliphatic carbocycles. The molecule has 0 saturated carbocycles. The first-order chi connectivity index (χ1) is 25.9. The number of carbonyl (C=O) groups is 2. The number of esters is 2. The molecule has 4 aliphatic rings. The molecule has 10 rings (SSSR count). The lowest BCUT2D eigenvalue weighted by molar-refractivity contribution is 0.0214. The number of nitrogens with two attached hydrogens (primary N) is 1. The van der Waals surface area contributed by atoms with Gasteiger partial charge >= 0.3 is 11.9 Å². The SMILES string of the molecule is NP(O)O.O=C1OC2(c3ccc(O)cc3Oc3cc(O)ccc32)c2ccccc21.O=C1OC2(c3ccc(O)cc3Oc3cc(O)ccc32)c2ccccc21. The molecule has 2 spiro atoms. The summed E-state index contributed by atoms with van der Waals surface area (Å²) in [5.41, 5.74) is 6.85. The highest BCUT2D eigenvalue weighted by atomic mass is 31.2. The van der Waals surface area contributed by atoms with Gasteiger partial charge in [0.2, 0.25) is 8.53 Å². The van der Waals surface area contributed by atoms with Crippen molar-refractivity contribution in [1.82, 2.24) is 0 Å². The number of fused-ring (bicyclic) bond motifs is 12. The van der Waals surface area contributed by atoms with Gasteiger partial charge in [0.1, 0.15) is 46.0 Å². The number of rotatable bonds is 0. The Morgan fingerprint density at radius 1 is 0.444 bits per heavy atom. The van der Waals surface area contributed by atoms with Gasteiger partial charge in [0.15, 0.2) is 11.2 Å². The summed E-state index contributed by atoms with van der Waals surface area (Å²) in [5, 5.41) is 39.3. The topological polar surface area (TPSA) is 218 Å². The minimum absolute atomic E-state index is 0.0371. The molecule has 6 aromatic rings. The van der Waals surface area contributed by atoms with Gasteiger partial charge in [-0.2, -0.15) is 0 Å². The molecule has 8 N–H and O–H groups in total. The van der Waals surface area contributed by atoms with E-state index in [1.54, 1.807) is 48.5 Å². The molecule has 6 aromatic carbocycles. The van der Waals surface area contributed by atoms with Crippen molar-refractivity contribution < 1.29 is 58.7 Å². The number of phenols is 4. The van der Waals surface area contributed by atoms with E-state index in [0.29, 0.717) is 67.5 Å². The fourth-order valence-electron chi connectivity index (χ4n) is 7.31. The molecule has 0 radical (unpaired) electrons. The number of hydrogen-bond donors (Lipinski definition) is 7. The molecule has 14 heteroatoms. The van der Waals surface area contributed by atoms with Gasteiger partial charge in [-0.1, -0.05) is 36.4 Å². The van der Waals surface area contributed by atoms with E-state index in [2.05, 4.69) is 5.50 Å². The van der Waals surface area contributed by atoms with Crippen LogP contribution >= 0.6 is 8.53 Å². The Kier molecular flexibility index (Phi) is 8.16. The Morgan fingerprint density at radius 3 is 1.02 bits per heavy atom. The summed E-state index contributed by atoms with van der Waals surface area (Å²) < 4.78 is 23.6. The highest BCUT2D eigenvalue weighted by Crippen LogP contribution is 2.58. The van der Waals surface area contributed by atoms with E-state index in [4.69, 9.17) is 28.7 Å². The predicted molar refractivity (Wildman–Crippen MR) is 192 cm³/mol. The maximum Gasteiger partial charge on any atom is 0.340 e. The largest absolute Gasteiger partial charge is 0.508 e. The van der Waals surface area contributed by atoms with Crippen LogP contribution in [-0.2, 0) is 20.7 Å². The summed E-state index contributed by atoms with van der Waals surface area (Å²) in [7, 11) is -2.12. The maximum absolute atomic E-state index is 12.5. The first-order valence-corrected chi connectivity index (χ1v) is 17.5. The number of benzene rings is 6. The minimum atomic E-state index is -2.12. The van der Waals surface area contributed by atoms with E-state index >= 15 is 0 Å². The molecule has 4 aliphatic heterocycles. The zero-order valence-electron chi connectivity index (χ0n) is 27.7. The predicted octanol–water partition coefficient (Wildman–Crippen LogP) is 6.49. The monoisotopic (exact) mass is 745 g/mol. The van der Waals surface area contributed by atoms with Gasteiger partial charge in [-0.25, -0.2) is 9.59 Å². The van der Waals surface area contributed by atoms with E-state index in [9.17, 15) is 30.0 Å². The molecule has 0 aromatic heterocycles. The molecule has 4 heterocycles. The van der Waals surface area contributed by atoms with Crippen molar-refractivity contribution in [1.29, 1.82) is 0 Å². The van der Waals surface area contributed by atoms with Crippen LogP contribution in [0.1, 0.15) is 54.1 Å². The van der Waals surface area contributed by atoms with Crippen LogP contribution in [0.2, 0.25) is 0 Å². The zero-order chi connectivity index (χ0) is 37.9. The Bertz CT molecular complexity index is 2240. The van der Waals surface area contributed by atoms with E-state index in [1.165, 1.54) is 48.5 Å². The maximum atomic E-state index is 12.5. The first-order valence-electron chi connectivity index (χ1n) is 16.2. The number of carbonyl (C=O) groups excluding carboxylic acids is 2. The van der Waals surface area contributed by atoms with Crippen LogP contribution in [0.5, 0.6) is 46.0 Å². The van der Waals surface area contributed by atoms with E-state index in [0.717, 1.165) is 0 Å². The second-order valence-corrected chi connectivity index (χ2v) is 13.1. The Hall–Kier alpha value is -6.63. The number of ether oxygens (including phenoxy) is 4. The lowest BCUT2D eigenvalue weighted by Gasteiger charge is -2.36. The van der Waals surface area contributed by atoms with Crippen molar-refractivity contribution in [2.75, 3.05) is 0 Å². The molecular formula is C40H28NO12P. The average Bonchev–Trinajstić information content (AvgIpc) is 3.59. The quantitative estimate of drug-likeness (QED) is 0.0654. The number of hydrogen-bond acceptors (Lipinski definition) is 13. The second kappa shape index (κ2) is 12.8. The molecule has 0 amide bonds. The van der Waals surface area contributed by atoms with Gasteiger partial charge in [-0.15, -0.1) is 0 Å².